The van der Waals surface area contributed by atoms with Crippen LogP contribution in [0.5, 0.6) is 0 Å². The van der Waals surface area contributed by atoms with Crippen molar-refractivity contribution in [3.8, 4) is 11.3 Å². The maximum absolute atomic E-state index is 14.6. The summed E-state index contributed by atoms with van der Waals surface area (Å²) in [5, 5.41) is 0.0149. The molecule has 0 radical (unpaired) electrons. The van der Waals surface area contributed by atoms with Crippen LogP contribution in [0.1, 0.15) is 11.4 Å². The summed E-state index contributed by atoms with van der Waals surface area (Å²) in [7, 11) is 3.70. The zero-order chi connectivity index (χ0) is 16.7. The third-order valence-corrected chi connectivity index (χ3v) is 3.81. The number of nitrogens with zero attached hydrogens (tertiary/aromatic N) is 5. The predicted molar refractivity (Wildman–Crippen MR) is 89.3 cm³/mol. The lowest BCUT2D eigenvalue weighted by molar-refractivity contribution is 0.630. The summed E-state index contributed by atoms with van der Waals surface area (Å²) in [5.41, 5.74) is 3.72. The number of hydrogen-bond acceptors (Lipinski definition) is 5. The molecule has 3 rings (SSSR count). The van der Waals surface area contributed by atoms with E-state index in [1.165, 1.54) is 6.07 Å². The molecule has 0 unspecified atom stereocenters. The highest BCUT2D eigenvalue weighted by molar-refractivity contribution is 6.28. The zero-order valence-electron chi connectivity index (χ0n) is 13.2. The molecule has 1 aromatic carbocycles. The predicted octanol–water partition coefficient (Wildman–Crippen LogP) is 3.56. The molecule has 0 spiro atoms. The van der Waals surface area contributed by atoms with Crippen molar-refractivity contribution in [2.75, 3.05) is 19.0 Å². The van der Waals surface area contributed by atoms with Crippen LogP contribution in [-0.4, -0.2) is 34.0 Å². The van der Waals surface area contributed by atoms with Crippen LogP contribution in [0.2, 0.25) is 5.28 Å². The molecule has 3 aromatic rings. The molecule has 118 valence electrons. The van der Waals surface area contributed by atoms with Crippen molar-refractivity contribution in [1.29, 1.82) is 0 Å². The van der Waals surface area contributed by atoms with Crippen molar-refractivity contribution in [2.24, 2.45) is 0 Å². The fourth-order valence-electron chi connectivity index (χ4n) is 2.25. The van der Waals surface area contributed by atoms with Gasteiger partial charge in [0, 0.05) is 25.3 Å². The second-order valence-corrected chi connectivity index (χ2v) is 5.80. The topological polar surface area (TPSA) is 54.8 Å². The third-order valence-electron chi connectivity index (χ3n) is 3.64. The van der Waals surface area contributed by atoms with Gasteiger partial charge in [-0.25, -0.2) is 19.3 Å². The lowest BCUT2D eigenvalue weighted by Crippen LogP contribution is -2.09. The number of anilines is 1. The molecule has 0 amide bonds. The second-order valence-electron chi connectivity index (χ2n) is 5.47. The van der Waals surface area contributed by atoms with Crippen molar-refractivity contribution in [3.05, 3.63) is 40.7 Å². The molecule has 0 aliphatic carbocycles. The largest absolute Gasteiger partial charge is 0.378 e. The first-order valence-electron chi connectivity index (χ1n) is 7.02. The summed E-state index contributed by atoms with van der Waals surface area (Å²) in [6, 6.07) is 4.93. The van der Waals surface area contributed by atoms with Crippen LogP contribution in [0.4, 0.5) is 10.1 Å². The van der Waals surface area contributed by atoms with Crippen molar-refractivity contribution >= 4 is 28.5 Å². The van der Waals surface area contributed by atoms with E-state index in [2.05, 4.69) is 19.9 Å². The molecule has 0 atom stereocenters. The maximum Gasteiger partial charge on any atom is 0.225 e. The van der Waals surface area contributed by atoms with Gasteiger partial charge in [-0.1, -0.05) is 0 Å². The maximum atomic E-state index is 14.6. The minimum Gasteiger partial charge on any atom is -0.378 e. The van der Waals surface area contributed by atoms with E-state index in [0.717, 1.165) is 17.1 Å². The monoisotopic (exact) mass is 331 g/mol. The van der Waals surface area contributed by atoms with E-state index in [4.69, 9.17) is 11.6 Å². The van der Waals surface area contributed by atoms with Crippen LogP contribution in [0, 0.1) is 19.7 Å². The third kappa shape index (κ3) is 2.82. The molecule has 23 heavy (non-hydrogen) atoms. The Morgan fingerprint density at radius 3 is 2.35 bits per heavy atom. The molecule has 0 saturated heterocycles. The quantitative estimate of drug-likeness (QED) is 0.672. The molecule has 2 aromatic heterocycles. The minimum atomic E-state index is -0.396. The van der Waals surface area contributed by atoms with Crippen molar-refractivity contribution in [1.82, 2.24) is 19.9 Å². The van der Waals surface area contributed by atoms with Crippen LogP contribution >= 0.6 is 11.6 Å². The number of hydrogen-bond donors (Lipinski definition) is 0. The van der Waals surface area contributed by atoms with Crippen LogP contribution in [0.3, 0.4) is 0 Å². The first-order chi connectivity index (χ1) is 10.9. The molecule has 5 nitrogen and oxygen atoms in total. The minimum absolute atomic E-state index is 0.0149. The van der Waals surface area contributed by atoms with Gasteiger partial charge in [0.1, 0.15) is 17.0 Å². The normalized spacial score (nSPS) is 11.0. The van der Waals surface area contributed by atoms with Gasteiger partial charge < -0.3 is 4.90 Å². The standard InChI is InChI=1S/C16H15ClFN5/c1-8-9(2)20-15-14(19-8)13(21-16(17)22-15)11-6-5-10(23(3)4)7-12(11)18/h5-7H,1-4H3. The Hall–Kier alpha value is -2.34. The first-order valence-corrected chi connectivity index (χ1v) is 7.40. The molecular weight excluding hydrogens is 317 g/mol. The van der Waals surface area contributed by atoms with E-state index >= 15 is 0 Å². The van der Waals surface area contributed by atoms with Gasteiger partial charge in [0.2, 0.25) is 5.28 Å². The molecule has 0 aliphatic rings. The number of halogens is 2. The average Bonchev–Trinajstić information content (AvgIpc) is 2.48. The number of aromatic nitrogens is 4. The van der Waals surface area contributed by atoms with Crippen molar-refractivity contribution in [3.63, 3.8) is 0 Å². The first kappa shape index (κ1) is 15.6. The van der Waals surface area contributed by atoms with Gasteiger partial charge in [0.25, 0.3) is 0 Å². The Labute approximate surface area is 138 Å². The molecule has 2 heterocycles. The lowest BCUT2D eigenvalue weighted by Gasteiger charge is -2.14. The van der Waals surface area contributed by atoms with E-state index < -0.39 is 5.82 Å². The number of rotatable bonds is 2. The van der Waals surface area contributed by atoms with Gasteiger partial charge >= 0.3 is 0 Å². The molecule has 0 aliphatic heterocycles. The van der Waals surface area contributed by atoms with Crippen LogP contribution < -0.4 is 4.90 Å². The zero-order valence-corrected chi connectivity index (χ0v) is 14.0. The molecule has 7 heteroatoms. The highest BCUT2D eigenvalue weighted by Crippen LogP contribution is 2.30. The highest BCUT2D eigenvalue weighted by Gasteiger charge is 2.16. The van der Waals surface area contributed by atoms with Crippen molar-refractivity contribution in [2.45, 2.75) is 13.8 Å². The van der Waals surface area contributed by atoms with Gasteiger partial charge in [0.15, 0.2) is 5.65 Å². The van der Waals surface area contributed by atoms with E-state index in [1.807, 2.05) is 38.9 Å². The molecule has 0 saturated carbocycles. The molecule has 0 bridgehead atoms. The Balaban J connectivity index is 2.29. The van der Waals surface area contributed by atoms with E-state index in [0.29, 0.717) is 22.4 Å². The summed E-state index contributed by atoms with van der Waals surface area (Å²) in [5.74, 6) is -0.396. The van der Waals surface area contributed by atoms with Gasteiger partial charge in [-0.3, -0.25) is 0 Å². The smallest absolute Gasteiger partial charge is 0.225 e. The van der Waals surface area contributed by atoms with Crippen LogP contribution in [0.15, 0.2) is 18.2 Å². The van der Waals surface area contributed by atoms with Gasteiger partial charge in [-0.15, -0.1) is 0 Å². The Morgan fingerprint density at radius 1 is 1.00 bits per heavy atom. The summed E-state index contributed by atoms with van der Waals surface area (Å²) in [6.07, 6.45) is 0. The Morgan fingerprint density at radius 2 is 1.70 bits per heavy atom. The van der Waals surface area contributed by atoms with E-state index in [-0.39, 0.29) is 5.28 Å². The van der Waals surface area contributed by atoms with Crippen molar-refractivity contribution < 1.29 is 4.39 Å². The van der Waals surface area contributed by atoms with Gasteiger partial charge in [-0.05, 0) is 43.6 Å². The van der Waals surface area contributed by atoms with Crippen LogP contribution in [-0.2, 0) is 0 Å². The fourth-order valence-corrected chi connectivity index (χ4v) is 2.41. The number of fused-ring (bicyclic) bond motifs is 1. The highest BCUT2D eigenvalue weighted by atomic mass is 35.5. The SMILES string of the molecule is Cc1nc2nc(Cl)nc(-c3ccc(N(C)C)cc3F)c2nc1C. The van der Waals surface area contributed by atoms with E-state index in [9.17, 15) is 4.39 Å². The van der Waals surface area contributed by atoms with Gasteiger partial charge in [-0.2, -0.15) is 4.98 Å². The average molecular weight is 332 g/mol. The Kier molecular flexibility index (Phi) is 3.85. The second kappa shape index (κ2) is 5.70. The van der Waals surface area contributed by atoms with E-state index in [1.54, 1.807) is 6.07 Å². The number of aryl methyl sites for hydroxylation is 2. The fraction of sp³-hybridized carbons (Fsp3) is 0.250. The molecule has 0 N–H and O–H groups in total. The lowest BCUT2D eigenvalue weighted by atomic mass is 10.1. The molecule has 0 fully saturated rings. The summed E-state index contributed by atoms with van der Waals surface area (Å²) >= 11 is 5.98. The number of benzene rings is 1. The Bertz CT molecular complexity index is 911. The van der Waals surface area contributed by atoms with Gasteiger partial charge in [0.05, 0.1) is 11.4 Å². The van der Waals surface area contributed by atoms with Crippen LogP contribution in [0.25, 0.3) is 22.4 Å². The summed E-state index contributed by atoms with van der Waals surface area (Å²) in [4.78, 5) is 18.9. The molecular formula is C16H15ClFN5. The summed E-state index contributed by atoms with van der Waals surface area (Å²) in [6.45, 7) is 3.68. The summed E-state index contributed by atoms with van der Waals surface area (Å²) < 4.78 is 14.6.